The van der Waals surface area contributed by atoms with E-state index in [1.165, 1.54) is 0 Å². The maximum absolute atomic E-state index is 8.84. The average Bonchev–Trinajstić information content (AvgIpc) is 2.97. The monoisotopic (exact) mass is 191 g/mol. The third-order valence-electron chi connectivity index (χ3n) is 2.13. The number of hydrogen-bond acceptors (Lipinski definition) is 4. The number of rotatable bonds is 3. The number of nitrogens with zero attached hydrogens (tertiary/aromatic N) is 3. The van der Waals surface area contributed by atoms with Gasteiger partial charge in [-0.2, -0.15) is 5.26 Å². The highest BCUT2D eigenvalue weighted by atomic mass is 32.2. The topological polar surface area (TPSA) is 49.6 Å². The van der Waals surface area contributed by atoms with Crippen LogP contribution in [0.4, 0.5) is 0 Å². The van der Waals surface area contributed by atoms with Crippen molar-refractivity contribution in [1.82, 2.24) is 9.97 Å². The van der Waals surface area contributed by atoms with Gasteiger partial charge in [0, 0.05) is 18.1 Å². The van der Waals surface area contributed by atoms with Gasteiger partial charge in [0.25, 0.3) is 0 Å². The van der Waals surface area contributed by atoms with Crippen molar-refractivity contribution in [2.24, 2.45) is 5.41 Å². The summed E-state index contributed by atoms with van der Waals surface area (Å²) >= 11 is 1.62. The maximum atomic E-state index is 8.84. The van der Waals surface area contributed by atoms with Gasteiger partial charge in [-0.25, -0.2) is 4.98 Å². The Hall–Kier alpha value is -1.08. The number of aromatic nitrogens is 2. The average molecular weight is 191 g/mol. The van der Waals surface area contributed by atoms with Crippen molar-refractivity contribution in [2.75, 3.05) is 5.75 Å². The lowest BCUT2D eigenvalue weighted by atomic mass is 10.2. The van der Waals surface area contributed by atoms with Gasteiger partial charge in [-0.1, -0.05) is 0 Å². The molecular formula is C9H9N3S. The molecular weight excluding hydrogens is 182 g/mol. The van der Waals surface area contributed by atoms with E-state index in [9.17, 15) is 0 Å². The second-order valence-corrected chi connectivity index (χ2v) is 4.22. The molecule has 1 aliphatic carbocycles. The maximum Gasteiger partial charge on any atom is 0.114 e. The summed E-state index contributed by atoms with van der Waals surface area (Å²) in [6.45, 7) is 0. The Kier molecular flexibility index (Phi) is 2.19. The van der Waals surface area contributed by atoms with Crippen molar-refractivity contribution < 1.29 is 0 Å². The Morgan fingerprint density at radius 2 is 2.38 bits per heavy atom. The lowest BCUT2D eigenvalue weighted by molar-refractivity contribution is 0.781. The summed E-state index contributed by atoms with van der Waals surface area (Å²) in [5, 5.41) is 9.74. The molecule has 0 bridgehead atoms. The normalized spacial score (nSPS) is 17.8. The van der Waals surface area contributed by atoms with E-state index in [0.717, 1.165) is 23.6 Å². The SMILES string of the molecule is N#CC1(CSc2cnccn2)CC1. The van der Waals surface area contributed by atoms with Crippen LogP contribution < -0.4 is 0 Å². The van der Waals surface area contributed by atoms with Crippen LogP contribution in [0.1, 0.15) is 12.8 Å². The minimum atomic E-state index is -0.0534. The van der Waals surface area contributed by atoms with Gasteiger partial charge in [-0.15, -0.1) is 11.8 Å². The molecule has 66 valence electrons. The molecule has 4 heteroatoms. The Balaban J connectivity index is 1.91. The Morgan fingerprint density at radius 1 is 1.54 bits per heavy atom. The molecule has 1 saturated carbocycles. The quantitative estimate of drug-likeness (QED) is 0.684. The molecule has 1 heterocycles. The molecule has 2 rings (SSSR count). The summed E-state index contributed by atoms with van der Waals surface area (Å²) in [5.74, 6) is 0.849. The van der Waals surface area contributed by atoms with E-state index in [4.69, 9.17) is 5.26 Å². The predicted octanol–water partition coefficient (Wildman–Crippen LogP) is 1.87. The highest BCUT2D eigenvalue weighted by molar-refractivity contribution is 7.99. The standard InChI is InChI=1S/C9H9N3S/c10-6-9(1-2-9)7-13-8-5-11-3-4-12-8/h3-5H,1-2,7H2. The summed E-state index contributed by atoms with van der Waals surface area (Å²) in [6, 6.07) is 2.35. The third-order valence-corrected chi connectivity index (χ3v) is 3.33. The van der Waals surface area contributed by atoms with Crippen molar-refractivity contribution in [2.45, 2.75) is 17.9 Å². The molecule has 0 N–H and O–H groups in total. The first kappa shape index (κ1) is 8.52. The van der Waals surface area contributed by atoms with Gasteiger partial charge in [-0.05, 0) is 12.8 Å². The van der Waals surface area contributed by atoms with Crippen LogP contribution >= 0.6 is 11.8 Å². The van der Waals surface area contributed by atoms with Crippen LogP contribution in [0, 0.1) is 16.7 Å². The molecule has 0 unspecified atom stereocenters. The summed E-state index contributed by atoms with van der Waals surface area (Å²) in [7, 11) is 0. The molecule has 0 saturated heterocycles. The van der Waals surface area contributed by atoms with Crippen LogP contribution in [0.25, 0.3) is 0 Å². The number of thioether (sulfide) groups is 1. The first-order chi connectivity index (χ1) is 6.35. The highest BCUT2D eigenvalue weighted by Crippen LogP contribution is 2.48. The van der Waals surface area contributed by atoms with Crippen molar-refractivity contribution in [3.8, 4) is 6.07 Å². The van der Waals surface area contributed by atoms with Crippen molar-refractivity contribution in [1.29, 1.82) is 5.26 Å². The predicted molar refractivity (Wildman–Crippen MR) is 50.0 cm³/mol. The van der Waals surface area contributed by atoms with Crippen molar-refractivity contribution in [3.05, 3.63) is 18.6 Å². The Morgan fingerprint density at radius 3 is 2.92 bits per heavy atom. The highest BCUT2D eigenvalue weighted by Gasteiger charge is 2.43. The molecule has 1 aromatic heterocycles. The molecule has 1 aliphatic rings. The molecule has 1 fully saturated rings. The van der Waals surface area contributed by atoms with E-state index in [-0.39, 0.29) is 5.41 Å². The zero-order valence-corrected chi connectivity index (χ0v) is 7.92. The number of nitriles is 1. The number of hydrogen-bond donors (Lipinski definition) is 0. The second-order valence-electron chi connectivity index (χ2n) is 3.22. The van der Waals surface area contributed by atoms with Crippen LogP contribution in [0.5, 0.6) is 0 Å². The molecule has 0 spiro atoms. The smallest absolute Gasteiger partial charge is 0.114 e. The van der Waals surface area contributed by atoms with Gasteiger partial charge in [0.15, 0.2) is 0 Å². The van der Waals surface area contributed by atoms with E-state index in [0.29, 0.717) is 0 Å². The van der Waals surface area contributed by atoms with Gasteiger partial charge in [0.05, 0.1) is 17.7 Å². The van der Waals surface area contributed by atoms with Crippen molar-refractivity contribution in [3.63, 3.8) is 0 Å². The zero-order chi connectivity index (χ0) is 9.15. The molecule has 0 atom stereocenters. The van der Waals surface area contributed by atoms with Crippen LogP contribution in [-0.2, 0) is 0 Å². The molecule has 3 nitrogen and oxygen atoms in total. The van der Waals surface area contributed by atoms with Gasteiger partial charge in [-0.3, -0.25) is 4.98 Å². The third kappa shape index (κ3) is 1.99. The minimum Gasteiger partial charge on any atom is -0.260 e. The lowest BCUT2D eigenvalue weighted by Gasteiger charge is -2.02. The van der Waals surface area contributed by atoms with Gasteiger partial charge in [0.2, 0.25) is 0 Å². The van der Waals surface area contributed by atoms with Gasteiger partial charge in [0.1, 0.15) is 5.03 Å². The fourth-order valence-electron chi connectivity index (χ4n) is 1.01. The van der Waals surface area contributed by atoms with Crippen LogP contribution in [0.2, 0.25) is 0 Å². The molecule has 13 heavy (non-hydrogen) atoms. The van der Waals surface area contributed by atoms with E-state index >= 15 is 0 Å². The van der Waals surface area contributed by atoms with E-state index in [1.54, 1.807) is 30.4 Å². The van der Waals surface area contributed by atoms with Crippen LogP contribution in [0.3, 0.4) is 0 Å². The largest absolute Gasteiger partial charge is 0.260 e. The first-order valence-corrected chi connectivity index (χ1v) is 5.13. The van der Waals surface area contributed by atoms with Gasteiger partial charge < -0.3 is 0 Å². The van der Waals surface area contributed by atoms with Gasteiger partial charge >= 0.3 is 0 Å². The van der Waals surface area contributed by atoms with E-state index < -0.39 is 0 Å². The molecule has 1 aromatic rings. The summed E-state index contributed by atoms with van der Waals surface area (Å²) < 4.78 is 0. The fraction of sp³-hybridized carbons (Fsp3) is 0.444. The molecule has 0 radical (unpaired) electrons. The first-order valence-electron chi connectivity index (χ1n) is 4.15. The Bertz CT molecular complexity index is 326. The van der Waals surface area contributed by atoms with Crippen molar-refractivity contribution >= 4 is 11.8 Å². The minimum absolute atomic E-state index is 0.0534. The zero-order valence-electron chi connectivity index (χ0n) is 7.10. The van der Waals surface area contributed by atoms with E-state index in [2.05, 4.69) is 16.0 Å². The molecule has 0 amide bonds. The molecule has 0 aromatic carbocycles. The molecule has 0 aliphatic heterocycles. The van der Waals surface area contributed by atoms with Crippen LogP contribution in [0.15, 0.2) is 23.6 Å². The summed E-state index contributed by atoms with van der Waals surface area (Å²) in [4.78, 5) is 8.10. The summed E-state index contributed by atoms with van der Waals surface area (Å²) in [6.07, 6.45) is 7.14. The summed E-state index contributed by atoms with van der Waals surface area (Å²) in [5.41, 5.74) is -0.0534. The lowest BCUT2D eigenvalue weighted by Crippen LogP contribution is -1.99. The Labute approximate surface area is 81.2 Å². The second kappa shape index (κ2) is 3.35. The van der Waals surface area contributed by atoms with Crippen LogP contribution in [-0.4, -0.2) is 15.7 Å². The fourth-order valence-corrected chi connectivity index (χ4v) is 2.06. The van der Waals surface area contributed by atoms with E-state index in [1.807, 2.05) is 0 Å².